The maximum atomic E-state index is 9.47. The van der Waals surface area contributed by atoms with Crippen molar-refractivity contribution >= 4 is 23.2 Å². The van der Waals surface area contributed by atoms with Gasteiger partial charge in [0, 0.05) is 11.0 Å². The molecular formula is C12H14Cl2N4O. The van der Waals surface area contributed by atoms with Gasteiger partial charge in [0.15, 0.2) is 11.0 Å². The van der Waals surface area contributed by atoms with Crippen molar-refractivity contribution in [2.24, 2.45) is 0 Å². The fourth-order valence-corrected chi connectivity index (χ4v) is 2.12. The number of aliphatic hydroxyl groups is 1. The van der Waals surface area contributed by atoms with Crippen LogP contribution < -0.4 is 0 Å². The Morgan fingerprint density at radius 2 is 1.89 bits per heavy atom. The molecule has 0 aliphatic carbocycles. The molecule has 0 spiro atoms. The van der Waals surface area contributed by atoms with E-state index in [1.165, 1.54) is 4.68 Å². The van der Waals surface area contributed by atoms with Crippen LogP contribution in [-0.4, -0.2) is 25.1 Å². The summed E-state index contributed by atoms with van der Waals surface area (Å²) in [4.78, 5) is 0. The summed E-state index contributed by atoms with van der Waals surface area (Å²) in [6, 6.07) is 3.28. The van der Waals surface area contributed by atoms with Gasteiger partial charge in [0.05, 0.1) is 12.3 Å². The van der Waals surface area contributed by atoms with Crippen LogP contribution in [0.25, 0.3) is 5.82 Å². The number of halogens is 2. The van der Waals surface area contributed by atoms with Gasteiger partial charge in [-0.15, -0.1) is 10.2 Å². The first-order chi connectivity index (χ1) is 8.84. The molecule has 0 saturated carbocycles. The lowest BCUT2D eigenvalue weighted by Gasteiger charge is -2.16. The molecule has 2 aromatic heterocycles. The highest BCUT2D eigenvalue weighted by atomic mass is 35.5. The first kappa shape index (κ1) is 14.2. The Kier molecular flexibility index (Phi) is 3.80. The molecule has 2 heterocycles. The van der Waals surface area contributed by atoms with Gasteiger partial charge < -0.3 is 5.11 Å². The molecule has 0 saturated heterocycles. The molecule has 19 heavy (non-hydrogen) atoms. The highest BCUT2D eigenvalue weighted by Crippen LogP contribution is 2.31. The minimum absolute atomic E-state index is 0.174. The van der Waals surface area contributed by atoms with Crippen molar-refractivity contribution in [1.29, 1.82) is 0 Å². The molecule has 0 bridgehead atoms. The number of hydrogen-bond donors (Lipinski definition) is 1. The van der Waals surface area contributed by atoms with E-state index in [4.69, 9.17) is 23.2 Å². The van der Waals surface area contributed by atoms with E-state index >= 15 is 0 Å². The van der Waals surface area contributed by atoms with Gasteiger partial charge in [-0.25, -0.2) is 4.68 Å². The molecule has 0 fully saturated rings. The van der Waals surface area contributed by atoms with Gasteiger partial charge in [-0.2, -0.15) is 5.10 Å². The Hall–Kier alpha value is -1.17. The van der Waals surface area contributed by atoms with Gasteiger partial charge in [-0.05, 0) is 12.1 Å². The Morgan fingerprint density at radius 3 is 2.32 bits per heavy atom. The summed E-state index contributed by atoms with van der Waals surface area (Å²) in [6.45, 7) is 5.83. The molecule has 0 aliphatic heterocycles. The molecular weight excluding hydrogens is 287 g/mol. The molecule has 102 valence electrons. The minimum atomic E-state index is -0.229. The summed E-state index contributed by atoms with van der Waals surface area (Å²) in [6.07, 6.45) is 0. The molecule has 0 amide bonds. The summed E-state index contributed by atoms with van der Waals surface area (Å²) >= 11 is 11.9. The zero-order valence-electron chi connectivity index (χ0n) is 10.9. The van der Waals surface area contributed by atoms with Crippen LogP contribution in [0.1, 0.15) is 32.0 Å². The van der Waals surface area contributed by atoms with Crippen LogP contribution in [0.15, 0.2) is 12.1 Å². The number of aliphatic hydroxyl groups excluding tert-OH is 1. The monoisotopic (exact) mass is 300 g/mol. The standard InChI is InChI=1S/C12H14Cl2N4O/c1-12(2,3)10-7(6-19)11(14)18(17-10)9-5-4-8(13)15-16-9/h4-5,19H,6H2,1-3H3. The highest BCUT2D eigenvalue weighted by molar-refractivity contribution is 6.30. The van der Waals surface area contributed by atoms with Crippen LogP contribution in [0.4, 0.5) is 0 Å². The van der Waals surface area contributed by atoms with Gasteiger partial charge in [0.2, 0.25) is 0 Å². The van der Waals surface area contributed by atoms with Crippen molar-refractivity contribution in [3.8, 4) is 5.82 Å². The maximum absolute atomic E-state index is 9.47. The predicted octanol–water partition coefficient (Wildman–Crippen LogP) is 2.76. The smallest absolute Gasteiger partial charge is 0.177 e. The lowest BCUT2D eigenvalue weighted by Crippen LogP contribution is -2.15. The maximum Gasteiger partial charge on any atom is 0.177 e. The van der Waals surface area contributed by atoms with E-state index in [2.05, 4.69) is 15.3 Å². The van der Waals surface area contributed by atoms with Gasteiger partial charge in [-0.3, -0.25) is 0 Å². The van der Waals surface area contributed by atoms with E-state index in [1.54, 1.807) is 12.1 Å². The molecule has 2 rings (SSSR count). The second-order valence-corrected chi connectivity index (χ2v) is 5.90. The molecule has 0 radical (unpaired) electrons. The van der Waals surface area contributed by atoms with Crippen molar-refractivity contribution in [2.75, 3.05) is 0 Å². The molecule has 1 N–H and O–H groups in total. The van der Waals surface area contributed by atoms with E-state index in [1.807, 2.05) is 20.8 Å². The summed E-state index contributed by atoms with van der Waals surface area (Å²) < 4.78 is 1.46. The Bertz CT molecular complexity index is 587. The Labute approximate surface area is 121 Å². The largest absolute Gasteiger partial charge is 0.391 e. The molecule has 7 heteroatoms. The molecule has 2 aromatic rings. The zero-order valence-corrected chi connectivity index (χ0v) is 12.4. The average molecular weight is 301 g/mol. The second kappa shape index (κ2) is 5.07. The van der Waals surface area contributed by atoms with E-state index in [-0.39, 0.29) is 12.0 Å². The lowest BCUT2D eigenvalue weighted by molar-refractivity contribution is 0.278. The van der Waals surface area contributed by atoms with Gasteiger partial charge in [0.1, 0.15) is 5.15 Å². The fourth-order valence-electron chi connectivity index (χ4n) is 1.75. The van der Waals surface area contributed by atoms with Crippen molar-refractivity contribution in [1.82, 2.24) is 20.0 Å². The Balaban J connectivity index is 2.59. The minimum Gasteiger partial charge on any atom is -0.391 e. The number of nitrogens with zero attached hydrogens (tertiary/aromatic N) is 4. The predicted molar refractivity (Wildman–Crippen MR) is 73.8 cm³/mol. The quantitative estimate of drug-likeness (QED) is 0.926. The van der Waals surface area contributed by atoms with Crippen molar-refractivity contribution < 1.29 is 5.11 Å². The summed E-state index contributed by atoms with van der Waals surface area (Å²) in [5.74, 6) is 0.458. The van der Waals surface area contributed by atoms with Crippen molar-refractivity contribution in [3.63, 3.8) is 0 Å². The van der Waals surface area contributed by atoms with E-state index in [9.17, 15) is 5.11 Å². The molecule has 0 atom stereocenters. The first-order valence-electron chi connectivity index (χ1n) is 5.73. The molecule has 0 unspecified atom stereocenters. The Morgan fingerprint density at radius 1 is 1.21 bits per heavy atom. The third-order valence-electron chi connectivity index (χ3n) is 2.62. The normalized spacial score (nSPS) is 11.9. The van der Waals surface area contributed by atoms with Crippen LogP contribution >= 0.6 is 23.2 Å². The van der Waals surface area contributed by atoms with Crippen molar-refractivity contribution in [2.45, 2.75) is 32.8 Å². The van der Waals surface area contributed by atoms with Crippen molar-refractivity contribution in [3.05, 3.63) is 33.7 Å². The van der Waals surface area contributed by atoms with E-state index in [0.717, 1.165) is 5.69 Å². The molecule has 0 aliphatic rings. The SMILES string of the molecule is CC(C)(C)c1nn(-c2ccc(Cl)nn2)c(Cl)c1CO. The van der Waals surface area contributed by atoms with Gasteiger partial charge >= 0.3 is 0 Å². The van der Waals surface area contributed by atoms with Crippen LogP contribution in [0.5, 0.6) is 0 Å². The highest BCUT2D eigenvalue weighted by Gasteiger charge is 2.26. The third-order valence-corrected chi connectivity index (χ3v) is 3.21. The van der Waals surface area contributed by atoms with Crippen LogP contribution in [-0.2, 0) is 12.0 Å². The topological polar surface area (TPSA) is 63.8 Å². The van der Waals surface area contributed by atoms with Gasteiger partial charge in [0.25, 0.3) is 0 Å². The third kappa shape index (κ3) is 2.73. The van der Waals surface area contributed by atoms with Crippen LogP contribution in [0, 0.1) is 0 Å². The number of aromatic nitrogens is 4. The lowest BCUT2D eigenvalue weighted by atomic mass is 9.90. The summed E-state index contributed by atoms with van der Waals surface area (Å²) in [5, 5.41) is 22.2. The number of rotatable bonds is 2. The summed E-state index contributed by atoms with van der Waals surface area (Å²) in [5.41, 5.74) is 1.11. The summed E-state index contributed by atoms with van der Waals surface area (Å²) in [7, 11) is 0. The van der Waals surface area contributed by atoms with Gasteiger partial charge in [-0.1, -0.05) is 44.0 Å². The molecule has 0 aromatic carbocycles. The van der Waals surface area contributed by atoms with E-state index < -0.39 is 0 Å². The average Bonchev–Trinajstić information content (AvgIpc) is 2.67. The second-order valence-electron chi connectivity index (χ2n) is 5.15. The van der Waals surface area contributed by atoms with Crippen LogP contribution in [0.2, 0.25) is 10.3 Å². The van der Waals surface area contributed by atoms with E-state index in [0.29, 0.717) is 21.7 Å². The van der Waals surface area contributed by atoms with Crippen LogP contribution in [0.3, 0.4) is 0 Å². The molecule has 5 nitrogen and oxygen atoms in total. The first-order valence-corrected chi connectivity index (χ1v) is 6.48. The fraction of sp³-hybridized carbons (Fsp3) is 0.417. The zero-order chi connectivity index (χ0) is 14.2. The number of hydrogen-bond acceptors (Lipinski definition) is 4.